The second kappa shape index (κ2) is 11.0. The first-order chi connectivity index (χ1) is 17.2. The van der Waals surface area contributed by atoms with E-state index in [1.165, 1.54) is 12.1 Å². The molecule has 2 atom stereocenters. The van der Waals surface area contributed by atoms with Crippen molar-refractivity contribution in [1.82, 2.24) is 4.90 Å². The first-order valence-electron chi connectivity index (χ1n) is 12.2. The highest BCUT2D eigenvalue weighted by Gasteiger charge is 2.35. The van der Waals surface area contributed by atoms with Crippen molar-refractivity contribution < 1.29 is 23.5 Å². The molecular formula is C30H32FNO4. The van der Waals surface area contributed by atoms with Crippen molar-refractivity contribution in [2.75, 3.05) is 13.1 Å². The summed E-state index contributed by atoms with van der Waals surface area (Å²) in [4.78, 5) is 27.3. The van der Waals surface area contributed by atoms with Crippen molar-refractivity contribution in [3.8, 4) is 0 Å². The summed E-state index contributed by atoms with van der Waals surface area (Å²) in [5, 5.41) is 0. The van der Waals surface area contributed by atoms with Crippen LogP contribution < -0.4 is 0 Å². The molecule has 0 aliphatic carbocycles. The topological polar surface area (TPSA) is 55.8 Å². The standard InChI is InChI=1S/C30H32FNO4/c1-30(2,3)36-29(34)32-17-16-26(22-12-14-25(31)15-13-22)27(19-32)35-20-21-8-7-11-24(18-21)28(33)23-9-5-4-6-10-23/h4-15,18,26-27H,16-17,19-20H2,1-3H3. The monoisotopic (exact) mass is 489 g/mol. The van der Waals surface area contributed by atoms with Gasteiger partial charge in [0.05, 0.1) is 19.3 Å². The van der Waals surface area contributed by atoms with Crippen LogP contribution in [0.2, 0.25) is 0 Å². The Labute approximate surface area is 211 Å². The first-order valence-corrected chi connectivity index (χ1v) is 12.2. The molecule has 3 aromatic carbocycles. The number of likely N-dealkylation sites (tertiary alicyclic amines) is 1. The molecule has 1 fully saturated rings. The number of piperidine rings is 1. The SMILES string of the molecule is CC(C)(C)OC(=O)N1CCC(c2ccc(F)cc2)C(OCc2cccc(C(=O)c3ccccc3)c2)C1. The third-order valence-electron chi connectivity index (χ3n) is 6.20. The van der Waals surface area contributed by atoms with Gasteiger partial charge in [-0.3, -0.25) is 4.79 Å². The average molecular weight is 490 g/mol. The highest BCUT2D eigenvalue weighted by Crippen LogP contribution is 2.32. The minimum atomic E-state index is -0.590. The van der Waals surface area contributed by atoms with Crippen LogP contribution in [0.15, 0.2) is 78.9 Å². The lowest BCUT2D eigenvalue weighted by Crippen LogP contribution is -2.48. The molecule has 3 aromatic rings. The van der Waals surface area contributed by atoms with Crippen LogP contribution in [0.3, 0.4) is 0 Å². The maximum atomic E-state index is 13.5. The second-order valence-corrected chi connectivity index (χ2v) is 10.1. The normalized spacial score (nSPS) is 18.1. The fourth-order valence-electron chi connectivity index (χ4n) is 4.43. The number of rotatable bonds is 6. The van der Waals surface area contributed by atoms with Gasteiger partial charge in [0, 0.05) is 23.6 Å². The number of benzene rings is 3. The van der Waals surface area contributed by atoms with Gasteiger partial charge in [-0.15, -0.1) is 0 Å². The number of carbonyl (C=O) groups excluding carboxylic acids is 2. The van der Waals surface area contributed by atoms with E-state index in [0.717, 1.165) is 11.1 Å². The smallest absolute Gasteiger partial charge is 0.410 e. The van der Waals surface area contributed by atoms with Crippen molar-refractivity contribution in [2.45, 2.75) is 51.4 Å². The van der Waals surface area contributed by atoms with Crippen LogP contribution >= 0.6 is 0 Å². The number of hydrogen-bond acceptors (Lipinski definition) is 4. The zero-order valence-electron chi connectivity index (χ0n) is 20.9. The molecule has 4 rings (SSSR count). The molecule has 1 aliphatic rings. The highest BCUT2D eigenvalue weighted by atomic mass is 19.1. The molecule has 1 heterocycles. The van der Waals surface area contributed by atoms with E-state index < -0.39 is 5.60 Å². The van der Waals surface area contributed by atoms with E-state index in [-0.39, 0.29) is 36.3 Å². The van der Waals surface area contributed by atoms with Gasteiger partial charge in [-0.1, -0.05) is 60.7 Å². The average Bonchev–Trinajstić information content (AvgIpc) is 2.87. The lowest BCUT2D eigenvalue weighted by Gasteiger charge is -2.39. The molecule has 0 bridgehead atoms. The van der Waals surface area contributed by atoms with Gasteiger partial charge in [0.15, 0.2) is 5.78 Å². The Morgan fingerprint density at radius 3 is 2.33 bits per heavy atom. The van der Waals surface area contributed by atoms with Crippen LogP contribution in [0.5, 0.6) is 0 Å². The predicted octanol–water partition coefficient (Wildman–Crippen LogP) is 6.37. The summed E-state index contributed by atoms with van der Waals surface area (Å²) in [6.45, 7) is 6.69. The summed E-state index contributed by atoms with van der Waals surface area (Å²) in [6.07, 6.45) is -0.0171. The molecule has 5 nitrogen and oxygen atoms in total. The molecule has 188 valence electrons. The minimum absolute atomic E-state index is 0.00146. The number of amides is 1. The molecule has 6 heteroatoms. The van der Waals surface area contributed by atoms with Gasteiger partial charge in [0.25, 0.3) is 0 Å². The summed E-state index contributed by atoms with van der Waals surface area (Å²) < 4.78 is 25.5. The van der Waals surface area contributed by atoms with Gasteiger partial charge in [-0.05, 0) is 56.5 Å². The molecule has 1 saturated heterocycles. The number of hydrogen-bond donors (Lipinski definition) is 0. The third kappa shape index (κ3) is 6.58. The summed E-state index contributed by atoms with van der Waals surface area (Å²) in [5.41, 5.74) is 2.47. The maximum absolute atomic E-state index is 13.5. The Morgan fingerprint density at radius 1 is 0.944 bits per heavy atom. The van der Waals surface area contributed by atoms with Crippen LogP contribution in [0.25, 0.3) is 0 Å². The Morgan fingerprint density at radius 2 is 1.64 bits per heavy atom. The van der Waals surface area contributed by atoms with E-state index in [1.807, 2.05) is 57.2 Å². The van der Waals surface area contributed by atoms with E-state index in [4.69, 9.17) is 9.47 Å². The zero-order chi connectivity index (χ0) is 25.7. The molecule has 36 heavy (non-hydrogen) atoms. The van der Waals surface area contributed by atoms with Gasteiger partial charge in [-0.25, -0.2) is 9.18 Å². The molecule has 0 radical (unpaired) electrons. The van der Waals surface area contributed by atoms with E-state index in [9.17, 15) is 14.0 Å². The molecule has 0 N–H and O–H groups in total. The van der Waals surface area contributed by atoms with Gasteiger partial charge in [0.2, 0.25) is 0 Å². The van der Waals surface area contributed by atoms with Crippen molar-refractivity contribution in [2.24, 2.45) is 0 Å². The Hall–Kier alpha value is -3.51. The van der Waals surface area contributed by atoms with E-state index in [1.54, 1.807) is 35.2 Å². The number of ketones is 1. The fourth-order valence-corrected chi connectivity index (χ4v) is 4.43. The van der Waals surface area contributed by atoms with Crippen LogP contribution in [0, 0.1) is 5.82 Å². The third-order valence-corrected chi connectivity index (χ3v) is 6.20. The lowest BCUT2D eigenvalue weighted by atomic mass is 9.87. The quantitative estimate of drug-likeness (QED) is 0.378. The maximum Gasteiger partial charge on any atom is 0.410 e. The Balaban J connectivity index is 1.50. The van der Waals surface area contributed by atoms with Crippen molar-refractivity contribution in [1.29, 1.82) is 0 Å². The molecule has 0 saturated carbocycles. The molecule has 1 amide bonds. The van der Waals surface area contributed by atoms with Crippen LogP contribution in [0.4, 0.5) is 9.18 Å². The fraction of sp³-hybridized carbons (Fsp3) is 0.333. The number of halogens is 1. The van der Waals surface area contributed by atoms with Gasteiger partial charge >= 0.3 is 6.09 Å². The van der Waals surface area contributed by atoms with Crippen LogP contribution in [-0.4, -0.2) is 41.6 Å². The van der Waals surface area contributed by atoms with Crippen LogP contribution in [0.1, 0.15) is 60.2 Å². The number of nitrogens with zero attached hydrogens (tertiary/aromatic N) is 1. The van der Waals surface area contributed by atoms with Gasteiger partial charge in [0.1, 0.15) is 11.4 Å². The summed E-state index contributed by atoms with van der Waals surface area (Å²) >= 11 is 0. The summed E-state index contributed by atoms with van der Waals surface area (Å²) in [7, 11) is 0. The lowest BCUT2D eigenvalue weighted by molar-refractivity contribution is -0.0359. The molecule has 2 unspecified atom stereocenters. The Kier molecular flexibility index (Phi) is 7.85. The first kappa shape index (κ1) is 25.6. The van der Waals surface area contributed by atoms with Crippen molar-refractivity contribution >= 4 is 11.9 Å². The van der Waals surface area contributed by atoms with E-state index in [0.29, 0.717) is 30.6 Å². The van der Waals surface area contributed by atoms with Crippen LogP contribution in [-0.2, 0) is 16.1 Å². The largest absolute Gasteiger partial charge is 0.444 e. The van der Waals surface area contributed by atoms with Gasteiger partial charge < -0.3 is 14.4 Å². The van der Waals surface area contributed by atoms with Crippen molar-refractivity contribution in [3.05, 3.63) is 107 Å². The molecule has 0 aromatic heterocycles. The summed E-state index contributed by atoms with van der Waals surface area (Å²) in [6, 6.07) is 23.0. The minimum Gasteiger partial charge on any atom is -0.444 e. The molecule has 0 spiro atoms. The highest BCUT2D eigenvalue weighted by molar-refractivity contribution is 6.09. The number of ether oxygens (including phenoxy) is 2. The molecule has 1 aliphatic heterocycles. The second-order valence-electron chi connectivity index (χ2n) is 10.1. The van der Waals surface area contributed by atoms with E-state index >= 15 is 0 Å². The van der Waals surface area contributed by atoms with Gasteiger partial charge in [-0.2, -0.15) is 0 Å². The van der Waals surface area contributed by atoms with E-state index in [2.05, 4.69) is 0 Å². The predicted molar refractivity (Wildman–Crippen MR) is 136 cm³/mol. The van der Waals surface area contributed by atoms with Crippen molar-refractivity contribution in [3.63, 3.8) is 0 Å². The Bertz CT molecular complexity index is 1190. The summed E-state index contributed by atoms with van der Waals surface area (Å²) in [5.74, 6) is -0.337. The number of carbonyl (C=O) groups is 2. The zero-order valence-corrected chi connectivity index (χ0v) is 20.9. The molecular weight excluding hydrogens is 457 g/mol.